The van der Waals surface area contributed by atoms with Crippen LogP contribution in [-0.2, 0) is 0 Å². The monoisotopic (exact) mass is 826 g/mol. The van der Waals surface area contributed by atoms with E-state index in [1.165, 1.54) is 27.8 Å². The molecule has 310 valence electrons. The number of pyridine rings is 1. The van der Waals surface area contributed by atoms with Gasteiger partial charge in [0.1, 0.15) is 5.75 Å². The lowest BCUT2D eigenvalue weighted by molar-refractivity contribution is 0.415. The highest BCUT2D eigenvalue weighted by atomic mass is 16.5. The standard InChI is InChI=1S/C61H50N2O/c1-43-22-28-48(29-23-43)58(49-30-24-44(2)25-31-49)42-46-26-34-52(35-27-46)63(53-36-38-54(64-4)39-37-53)60-41-33-47(55-19-11-12-20-56(55)60)32-40-57(59-21-13-14-45(3)62-59)61(50-15-7-5-8-16-50)51-17-9-6-10-18-51/h5-42H,1-4H3/b40-32+. The zero-order valence-corrected chi connectivity index (χ0v) is 36.7. The number of nitrogens with zero attached hydrogens (tertiary/aromatic N) is 2. The lowest BCUT2D eigenvalue weighted by atomic mass is 9.90. The van der Waals surface area contributed by atoms with Crippen molar-refractivity contribution in [3.05, 3.63) is 274 Å². The van der Waals surface area contributed by atoms with E-state index in [0.29, 0.717) is 0 Å². The van der Waals surface area contributed by atoms with E-state index in [0.717, 1.165) is 78.4 Å². The van der Waals surface area contributed by atoms with Gasteiger partial charge < -0.3 is 9.64 Å². The summed E-state index contributed by atoms with van der Waals surface area (Å²) in [5, 5.41) is 2.28. The van der Waals surface area contributed by atoms with E-state index in [1.54, 1.807) is 7.11 Å². The fourth-order valence-corrected chi connectivity index (χ4v) is 8.34. The lowest BCUT2D eigenvalue weighted by Gasteiger charge is -2.27. The van der Waals surface area contributed by atoms with Crippen LogP contribution in [0.25, 0.3) is 39.6 Å². The van der Waals surface area contributed by atoms with Gasteiger partial charge in [0.25, 0.3) is 0 Å². The number of allylic oxidation sites excluding steroid dienone is 2. The van der Waals surface area contributed by atoms with Crippen molar-refractivity contribution in [2.45, 2.75) is 20.8 Å². The van der Waals surface area contributed by atoms with Crippen molar-refractivity contribution in [3.8, 4) is 5.75 Å². The Morgan fingerprint density at radius 3 is 1.59 bits per heavy atom. The first-order valence-corrected chi connectivity index (χ1v) is 21.8. The maximum Gasteiger partial charge on any atom is 0.119 e. The second kappa shape index (κ2) is 18.9. The van der Waals surface area contributed by atoms with E-state index in [4.69, 9.17) is 9.72 Å². The van der Waals surface area contributed by atoms with Crippen LogP contribution in [0, 0.1) is 20.8 Å². The molecule has 8 aromatic carbocycles. The van der Waals surface area contributed by atoms with E-state index in [1.807, 2.05) is 12.1 Å². The second-order valence-corrected chi connectivity index (χ2v) is 16.2. The summed E-state index contributed by atoms with van der Waals surface area (Å²) in [5.74, 6) is 0.812. The number of aromatic nitrogens is 1. The van der Waals surface area contributed by atoms with Gasteiger partial charge in [0.15, 0.2) is 0 Å². The third kappa shape index (κ3) is 9.11. The molecule has 0 radical (unpaired) electrons. The van der Waals surface area contributed by atoms with Crippen molar-refractivity contribution in [1.82, 2.24) is 4.98 Å². The third-order valence-corrected chi connectivity index (χ3v) is 11.7. The Morgan fingerprint density at radius 1 is 0.484 bits per heavy atom. The van der Waals surface area contributed by atoms with Gasteiger partial charge in [-0.15, -0.1) is 0 Å². The molecule has 0 aliphatic heterocycles. The molecule has 0 aliphatic carbocycles. The van der Waals surface area contributed by atoms with Crippen molar-refractivity contribution >= 4 is 56.7 Å². The van der Waals surface area contributed by atoms with Crippen LogP contribution >= 0.6 is 0 Å². The Labute approximate surface area is 377 Å². The molecule has 1 heterocycles. The molecule has 0 N–H and O–H groups in total. The van der Waals surface area contributed by atoms with Gasteiger partial charge in [-0.2, -0.15) is 0 Å². The third-order valence-electron chi connectivity index (χ3n) is 11.7. The minimum absolute atomic E-state index is 0.812. The van der Waals surface area contributed by atoms with Gasteiger partial charge in [-0.05, 0) is 131 Å². The van der Waals surface area contributed by atoms with E-state index >= 15 is 0 Å². The van der Waals surface area contributed by atoms with Crippen molar-refractivity contribution in [2.24, 2.45) is 0 Å². The molecule has 64 heavy (non-hydrogen) atoms. The Morgan fingerprint density at radius 2 is 1.03 bits per heavy atom. The van der Waals surface area contributed by atoms with Gasteiger partial charge in [0.05, 0.1) is 18.5 Å². The Hall–Kier alpha value is -8.01. The van der Waals surface area contributed by atoms with Crippen LogP contribution in [0.3, 0.4) is 0 Å². The zero-order chi connectivity index (χ0) is 43.8. The predicted octanol–water partition coefficient (Wildman–Crippen LogP) is 15.9. The summed E-state index contributed by atoms with van der Waals surface area (Å²) < 4.78 is 5.60. The first-order valence-electron chi connectivity index (χ1n) is 21.8. The van der Waals surface area contributed by atoms with Crippen LogP contribution in [0.15, 0.2) is 218 Å². The quantitative estimate of drug-likeness (QED) is 0.0906. The van der Waals surface area contributed by atoms with E-state index < -0.39 is 0 Å². The van der Waals surface area contributed by atoms with Crippen LogP contribution < -0.4 is 9.64 Å². The molecule has 0 unspecified atom stereocenters. The van der Waals surface area contributed by atoms with Crippen molar-refractivity contribution in [1.29, 1.82) is 0 Å². The normalized spacial score (nSPS) is 11.1. The van der Waals surface area contributed by atoms with Gasteiger partial charge in [-0.1, -0.05) is 181 Å². The average Bonchev–Trinajstić information content (AvgIpc) is 3.34. The molecular formula is C61H50N2O. The summed E-state index contributed by atoms with van der Waals surface area (Å²) in [7, 11) is 1.71. The first-order chi connectivity index (χ1) is 31.4. The molecule has 0 fully saturated rings. The van der Waals surface area contributed by atoms with Crippen LogP contribution in [0.4, 0.5) is 17.1 Å². The molecule has 0 spiro atoms. The number of benzene rings is 8. The van der Waals surface area contributed by atoms with Crippen LogP contribution in [-0.4, -0.2) is 12.1 Å². The smallest absolute Gasteiger partial charge is 0.119 e. The van der Waals surface area contributed by atoms with Gasteiger partial charge in [0, 0.05) is 28.0 Å². The molecule has 0 bridgehead atoms. The Balaban J connectivity index is 1.16. The van der Waals surface area contributed by atoms with Gasteiger partial charge in [-0.3, -0.25) is 4.98 Å². The van der Waals surface area contributed by atoms with Gasteiger partial charge in [0.2, 0.25) is 0 Å². The number of hydrogen-bond donors (Lipinski definition) is 0. The molecule has 0 saturated heterocycles. The summed E-state index contributed by atoms with van der Waals surface area (Å²) in [6.45, 7) is 6.31. The lowest BCUT2D eigenvalue weighted by Crippen LogP contribution is -2.10. The minimum Gasteiger partial charge on any atom is -0.497 e. The molecule has 0 aliphatic rings. The van der Waals surface area contributed by atoms with E-state index in [9.17, 15) is 0 Å². The van der Waals surface area contributed by atoms with E-state index in [-0.39, 0.29) is 0 Å². The van der Waals surface area contributed by atoms with Crippen LogP contribution in [0.2, 0.25) is 0 Å². The van der Waals surface area contributed by atoms with Gasteiger partial charge >= 0.3 is 0 Å². The molecule has 0 atom stereocenters. The van der Waals surface area contributed by atoms with Gasteiger partial charge in [-0.25, -0.2) is 0 Å². The van der Waals surface area contributed by atoms with Crippen molar-refractivity contribution in [2.75, 3.05) is 12.0 Å². The summed E-state index contributed by atoms with van der Waals surface area (Å²) in [4.78, 5) is 7.41. The largest absolute Gasteiger partial charge is 0.497 e. The molecule has 3 heteroatoms. The number of ether oxygens (including phenoxy) is 1. The number of rotatable bonds is 12. The molecule has 0 saturated carbocycles. The maximum atomic E-state index is 5.60. The molecule has 0 amide bonds. The SMILES string of the molecule is COc1ccc(N(c2ccc(C=C(c3ccc(C)cc3)c3ccc(C)cc3)cc2)c2ccc(/C=C/C(=C(c3ccccc3)c3ccccc3)c3cccc(C)n3)c3ccccc23)cc1. The molecule has 9 rings (SSSR count). The summed E-state index contributed by atoms with van der Waals surface area (Å²) >= 11 is 0. The highest BCUT2D eigenvalue weighted by molar-refractivity contribution is 6.06. The topological polar surface area (TPSA) is 25.4 Å². The molecule has 9 aromatic rings. The number of aryl methyl sites for hydroxylation is 3. The Bertz CT molecular complexity index is 3020. The van der Waals surface area contributed by atoms with Crippen LogP contribution in [0.1, 0.15) is 55.9 Å². The van der Waals surface area contributed by atoms with E-state index in [2.05, 4.69) is 244 Å². The molecule has 3 nitrogen and oxygen atoms in total. The minimum atomic E-state index is 0.812. The van der Waals surface area contributed by atoms with Crippen molar-refractivity contribution in [3.63, 3.8) is 0 Å². The highest BCUT2D eigenvalue weighted by Crippen LogP contribution is 2.42. The highest BCUT2D eigenvalue weighted by Gasteiger charge is 2.18. The summed E-state index contributed by atoms with van der Waals surface area (Å²) in [5.41, 5.74) is 17.8. The van der Waals surface area contributed by atoms with Crippen molar-refractivity contribution < 1.29 is 4.74 Å². The van der Waals surface area contributed by atoms with Crippen LogP contribution in [0.5, 0.6) is 5.75 Å². The number of fused-ring (bicyclic) bond motifs is 1. The zero-order valence-electron chi connectivity index (χ0n) is 36.7. The number of anilines is 3. The fraction of sp³-hybridized carbons (Fsp3) is 0.0656. The number of methoxy groups -OCH3 is 1. The molecular weight excluding hydrogens is 777 g/mol. The fourth-order valence-electron chi connectivity index (χ4n) is 8.34. The summed E-state index contributed by atoms with van der Waals surface area (Å²) in [6.07, 6.45) is 6.78. The Kier molecular flexibility index (Phi) is 12.2. The first kappa shape index (κ1) is 41.3. The predicted molar refractivity (Wildman–Crippen MR) is 271 cm³/mol. The average molecular weight is 827 g/mol. The number of hydrogen-bond acceptors (Lipinski definition) is 3. The summed E-state index contributed by atoms with van der Waals surface area (Å²) in [6, 6.07) is 75.5. The molecule has 1 aromatic heterocycles. The second-order valence-electron chi connectivity index (χ2n) is 16.2. The maximum absolute atomic E-state index is 5.60.